The van der Waals surface area contributed by atoms with E-state index in [1.54, 1.807) is 19.3 Å². The van der Waals surface area contributed by atoms with Crippen molar-refractivity contribution in [3.05, 3.63) is 40.9 Å². The number of hydrogen-bond acceptors (Lipinski definition) is 4. The molecule has 88 valence electrons. The van der Waals surface area contributed by atoms with E-state index in [0.717, 1.165) is 4.90 Å². The van der Waals surface area contributed by atoms with Gasteiger partial charge in [-0.1, -0.05) is 23.4 Å². The Balaban J connectivity index is 2.41. The second-order valence-electron chi connectivity index (χ2n) is 3.23. The Morgan fingerprint density at radius 2 is 2.24 bits per heavy atom. The van der Waals surface area contributed by atoms with Crippen molar-refractivity contribution in [3.8, 4) is 0 Å². The molecule has 0 aliphatic heterocycles. The Labute approximate surface area is 107 Å². The summed E-state index contributed by atoms with van der Waals surface area (Å²) in [4.78, 5) is 15.9. The summed E-state index contributed by atoms with van der Waals surface area (Å²) in [6, 6.07) is 4.65. The molecule has 0 aliphatic carbocycles. The van der Waals surface area contributed by atoms with E-state index >= 15 is 0 Å². The predicted octanol–water partition coefficient (Wildman–Crippen LogP) is 3.49. The van der Waals surface area contributed by atoms with Gasteiger partial charge < -0.3 is 9.52 Å². The first kappa shape index (κ1) is 12.0. The molecule has 0 bridgehead atoms. The molecular weight excluding hydrogens is 262 g/mol. The van der Waals surface area contributed by atoms with Gasteiger partial charge in [-0.15, -0.1) is 0 Å². The quantitative estimate of drug-likeness (QED) is 0.864. The molecule has 2 aromatic heterocycles. The van der Waals surface area contributed by atoms with Gasteiger partial charge in [0.1, 0.15) is 15.9 Å². The minimum atomic E-state index is -1.03. The topological polar surface area (TPSA) is 63.3 Å². The molecule has 0 fully saturated rings. The Bertz CT molecular complexity index is 568. The Morgan fingerprint density at radius 1 is 1.47 bits per heavy atom. The molecule has 0 unspecified atom stereocenters. The van der Waals surface area contributed by atoms with Crippen LogP contribution in [0.3, 0.4) is 0 Å². The molecule has 0 atom stereocenters. The number of carbonyl (C=O) groups is 1. The van der Waals surface area contributed by atoms with Crippen LogP contribution in [0.25, 0.3) is 0 Å². The molecule has 0 amide bonds. The molecule has 0 saturated heterocycles. The van der Waals surface area contributed by atoms with E-state index < -0.39 is 5.97 Å². The lowest BCUT2D eigenvalue weighted by Crippen LogP contribution is -2.00. The molecule has 2 heterocycles. The lowest BCUT2D eigenvalue weighted by atomic mass is 10.3. The first-order chi connectivity index (χ1) is 8.08. The molecule has 1 N–H and O–H groups in total. The summed E-state index contributed by atoms with van der Waals surface area (Å²) in [5.41, 5.74) is 0.125. The second kappa shape index (κ2) is 4.81. The van der Waals surface area contributed by atoms with Crippen LogP contribution in [-0.4, -0.2) is 16.1 Å². The highest BCUT2D eigenvalue weighted by atomic mass is 35.5. The number of carboxylic acids is 1. The van der Waals surface area contributed by atoms with E-state index in [4.69, 9.17) is 21.1 Å². The number of pyridine rings is 1. The van der Waals surface area contributed by atoms with Crippen LogP contribution in [-0.2, 0) is 0 Å². The number of halogens is 1. The number of hydrogen-bond donors (Lipinski definition) is 1. The van der Waals surface area contributed by atoms with E-state index in [1.165, 1.54) is 23.9 Å². The second-order valence-corrected chi connectivity index (χ2v) is 4.65. The molecule has 6 heteroatoms. The highest BCUT2D eigenvalue weighted by Crippen LogP contribution is 2.32. The van der Waals surface area contributed by atoms with E-state index in [1.807, 2.05) is 0 Å². The van der Waals surface area contributed by atoms with Gasteiger partial charge in [0.25, 0.3) is 0 Å². The molecule has 4 nitrogen and oxygen atoms in total. The molecule has 0 saturated carbocycles. The van der Waals surface area contributed by atoms with Gasteiger partial charge in [-0.2, -0.15) is 0 Å². The van der Waals surface area contributed by atoms with Gasteiger partial charge in [0.05, 0.1) is 16.7 Å². The van der Waals surface area contributed by atoms with Gasteiger partial charge in [-0.25, -0.2) is 9.78 Å². The SMILES string of the molecule is Cc1occc1Sc1nc(Cl)ccc1C(=O)O. The van der Waals surface area contributed by atoms with Crippen LogP contribution in [0.4, 0.5) is 0 Å². The zero-order chi connectivity index (χ0) is 12.4. The number of nitrogens with zero attached hydrogens (tertiary/aromatic N) is 1. The number of aryl methyl sites for hydroxylation is 1. The summed E-state index contributed by atoms with van der Waals surface area (Å²) in [5.74, 6) is -0.314. The van der Waals surface area contributed by atoms with Crippen molar-refractivity contribution in [2.24, 2.45) is 0 Å². The largest absolute Gasteiger partial charge is 0.478 e. The number of aromatic nitrogens is 1. The van der Waals surface area contributed by atoms with Crippen molar-refractivity contribution in [2.45, 2.75) is 16.8 Å². The van der Waals surface area contributed by atoms with Crippen molar-refractivity contribution in [1.29, 1.82) is 0 Å². The molecule has 0 radical (unpaired) electrons. The van der Waals surface area contributed by atoms with E-state index in [9.17, 15) is 4.79 Å². The van der Waals surface area contributed by atoms with Gasteiger partial charge in [0.2, 0.25) is 0 Å². The lowest BCUT2D eigenvalue weighted by Gasteiger charge is -2.04. The smallest absolute Gasteiger partial charge is 0.338 e. The van der Waals surface area contributed by atoms with Crippen LogP contribution < -0.4 is 0 Å². The zero-order valence-electron chi connectivity index (χ0n) is 8.81. The monoisotopic (exact) mass is 269 g/mol. The Kier molecular flexibility index (Phi) is 3.40. The van der Waals surface area contributed by atoms with Crippen molar-refractivity contribution >= 4 is 29.3 Å². The highest BCUT2D eigenvalue weighted by molar-refractivity contribution is 7.99. The highest BCUT2D eigenvalue weighted by Gasteiger charge is 2.15. The van der Waals surface area contributed by atoms with Crippen molar-refractivity contribution in [1.82, 2.24) is 4.98 Å². The minimum Gasteiger partial charge on any atom is -0.478 e. The molecule has 17 heavy (non-hydrogen) atoms. The van der Waals surface area contributed by atoms with E-state index in [2.05, 4.69) is 4.98 Å². The van der Waals surface area contributed by atoms with Crippen LogP contribution in [0.15, 0.2) is 38.8 Å². The standard InChI is InChI=1S/C11H8ClNO3S/c1-6-8(4-5-16-6)17-10-7(11(14)15)2-3-9(12)13-10/h2-5H,1H3,(H,14,15). The van der Waals surface area contributed by atoms with Crippen LogP contribution in [0.1, 0.15) is 16.1 Å². The van der Waals surface area contributed by atoms with Crippen LogP contribution in [0, 0.1) is 6.92 Å². The average molecular weight is 270 g/mol. The molecule has 0 spiro atoms. The van der Waals surface area contributed by atoms with Gasteiger partial charge in [-0.05, 0) is 25.1 Å². The molecule has 2 aromatic rings. The summed E-state index contributed by atoms with van der Waals surface area (Å²) < 4.78 is 5.14. The van der Waals surface area contributed by atoms with Crippen molar-refractivity contribution in [3.63, 3.8) is 0 Å². The van der Waals surface area contributed by atoms with Gasteiger partial charge >= 0.3 is 5.97 Å². The number of rotatable bonds is 3. The van der Waals surface area contributed by atoms with Gasteiger partial charge in [0.15, 0.2) is 0 Å². The summed E-state index contributed by atoms with van der Waals surface area (Å²) in [6.45, 7) is 1.80. The average Bonchev–Trinajstić information content (AvgIpc) is 2.64. The Hall–Kier alpha value is -1.46. The summed E-state index contributed by atoms with van der Waals surface area (Å²) in [7, 11) is 0. The summed E-state index contributed by atoms with van der Waals surface area (Å²) >= 11 is 6.98. The van der Waals surface area contributed by atoms with E-state index in [-0.39, 0.29) is 10.7 Å². The number of carboxylic acid groups (broad SMARTS) is 1. The van der Waals surface area contributed by atoms with Crippen molar-refractivity contribution in [2.75, 3.05) is 0 Å². The minimum absolute atomic E-state index is 0.125. The predicted molar refractivity (Wildman–Crippen MR) is 63.8 cm³/mol. The third kappa shape index (κ3) is 2.62. The molecule has 0 aliphatic rings. The fraction of sp³-hybridized carbons (Fsp3) is 0.0909. The maximum Gasteiger partial charge on any atom is 0.338 e. The fourth-order valence-electron chi connectivity index (χ4n) is 1.24. The molecular formula is C11H8ClNO3S. The third-order valence-corrected chi connectivity index (χ3v) is 3.43. The molecule has 0 aromatic carbocycles. The van der Waals surface area contributed by atoms with Crippen LogP contribution in [0.5, 0.6) is 0 Å². The third-order valence-electron chi connectivity index (χ3n) is 2.07. The number of aromatic carboxylic acids is 1. The lowest BCUT2D eigenvalue weighted by molar-refractivity contribution is 0.0692. The van der Waals surface area contributed by atoms with Crippen LogP contribution in [0.2, 0.25) is 5.15 Å². The number of furan rings is 1. The van der Waals surface area contributed by atoms with Gasteiger partial charge in [0, 0.05) is 0 Å². The van der Waals surface area contributed by atoms with Crippen LogP contribution >= 0.6 is 23.4 Å². The first-order valence-electron chi connectivity index (χ1n) is 4.69. The zero-order valence-corrected chi connectivity index (χ0v) is 10.4. The first-order valence-corrected chi connectivity index (χ1v) is 5.89. The van der Waals surface area contributed by atoms with Crippen molar-refractivity contribution < 1.29 is 14.3 Å². The maximum absolute atomic E-state index is 11.0. The maximum atomic E-state index is 11.0. The fourth-order valence-corrected chi connectivity index (χ4v) is 2.37. The Morgan fingerprint density at radius 3 is 2.82 bits per heavy atom. The summed E-state index contributed by atoms with van der Waals surface area (Å²) in [6.07, 6.45) is 1.54. The molecule has 2 rings (SSSR count). The summed E-state index contributed by atoms with van der Waals surface area (Å²) in [5, 5.41) is 9.65. The van der Waals surface area contributed by atoms with Gasteiger partial charge in [-0.3, -0.25) is 0 Å². The van der Waals surface area contributed by atoms with E-state index in [0.29, 0.717) is 10.8 Å². The normalized spacial score (nSPS) is 10.5.